The van der Waals surface area contributed by atoms with Crippen LogP contribution in [0.15, 0.2) is 59.1 Å². The molecule has 0 aromatic heterocycles. The van der Waals surface area contributed by atoms with Crippen LogP contribution in [0.2, 0.25) is 0 Å². The van der Waals surface area contributed by atoms with Crippen molar-refractivity contribution in [3.63, 3.8) is 0 Å². The normalized spacial score (nSPS) is 25.2. The van der Waals surface area contributed by atoms with Crippen molar-refractivity contribution >= 4 is 29.1 Å². The first-order chi connectivity index (χ1) is 19.8. The number of aromatic hydroxyl groups is 1. The molecule has 42 heavy (non-hydrogen) atoms. The van der Waals surface area contributed by atoms with E-state index in [-0.39, 0.29) is 42.2 Å². The van der Waals surface area contributed by atoms with Crippen LogP contribution in [0.3, 0.4) is 0 Å². The zero-order chi connectivity index (χ0) is 30.7. The molecule has 2 aromatic carbocycles. The number of hydrogen-bond acceptors (Lipinski definition) is 10. The number of fused-ring (bicyclic) bond motifs is 3. The summed E-state index contributed by atoms with van der Waals surface area (Å²) in [6.45, 7) is -0.104. The number of hydrogen-bond donors (Lipinski definition) is 6. The van der Waals surface area contributed by atoms with E-state index < -0.39 is 58.0 Å². The molecule has 2 amide bonds. The summed E-state index contributed by atoms with van der Waals surface area (Å²) in [5.74, 6) is -7.32. The van der Waals surface area contributed by atoms with Gasteiger partial charge in [0.15, 0.2) is 11.4 Å². The summed E-state index contributed by atoms with van der Waals surface area (Å²) in [6, 6.07) is 8.81. The highest BCUT2D eigenvalue weighted by Gasteiger charge is 2.63. The number of aliphatic hydroxyl groups is 3. The van der Waals surface area contributed by atoms with Crippen molar-refractivity contribution in [3.05, 3.63) is 70.2 Å². The van der Waals surface area contributed by atoms with Gasteiger partial charge in [-0.15, -0.1) is 0 Å². The van der Waals surface area contributed by atoms with Crippen LogP contribution in [-0.4, -0.2) is 88.2 Å². The molecule has 0 unspecified atom stereocenters. The highest BCUT2D eigenvalue weighted by atomic mass is 16.5. The van der Waals surface area contributed by atoms with E-state index in [1.807, 2.05) is 0 Å². The Morgan fingerprint density at radius 3 is 2.36 bits per heavy atom. The first-order valence-corrected chi connectivity index (χ1v) is 13.2. The Bertz CT molecular complexity index is 1590. The minimum absolute atomic E-state index is 0.00860. The summed E-state index contributed by atoms with van der Waals surface area (Å²) in [6.07, 6.45) is 0.149. The lowest BCUT2D eigenvalue weighted by Gasteiger charge is -2.50. The van der Waals surface area contributed by atoms with Crippen LogP contribution in [0.4, 0.5) is 5.69 Å². The number of primary amides is 1. The third-order valence-corrected chi connectivity index (χ3v) is 8.36. The number of aliphatic hydroxyl groups excluding tert-OH is 2. The summed E-state index contributed by atoms with van der Waals surface area (Å²) in [5, 5.41) is 47.5. The second-order valence-corrected chi connectivity index (χ2v) is 11.0. The van der Waals surface area contributed by atoms with Gasteiger partial charge in [-0.05, 0) is 67.7 Å². The predicted molar refractivity (Wildman–Crippen MR) is 150 cm³/mol. The van der Waals surface area contributed by atoms with Crippen LogP contribution in [-0.2, 0) is 25.5 Å². The SMILES string of the molecule is COCC(=O)Nc1ccc(-c2ccc(O)c3c2C[C@@H]2C[C@@H]4[C@@H](N(C)C)C(O)=C(C(N)=O)C(=O)[C@]4(O)C(O)=C2C3=O)cc1. The van der Waals surface area contributed by atoms with E-state index in [0.717, 1.165) is 0 Å². The third-order valence-electron chi connectivity index (χ3n) is 8.36. The monoisotopic (exact) mass is 577 g/mol. The molecule has 0 saturated carbocycles. The van der Waals surface area contributed by atoms with E-state index >= 15 is 0 Å². The number of ketones is 2. The maximum atomic E-state index is 13.9. The number of carbonyl (C=O) groups excluding carboxylic acids is 4. The molecule has 12 nitrogen and oxygen atoms in total. The van der Waals surface area contributed by atoms with E-state index in [0.29, 0.717) is 22.4 Å². The van der Waals surface area contributed by atoms with Gasteiger partial charge in [-0.1, -0.05) is 18.2 Å². The van der Waals surface area contributed by atoms with Gasteiger partial charge in [0.1, 0.15) is 29.4 Å². The number of carbonyl (C=O) groups is 4. The van der Waals surface area contributed by atoms with E-state index in [1.54, 1.807) is 44.4 Å². The molecule has 0 fully saturated rings. The molecule has 2 aromatic rings. The van der Waals surface area contributed by atoms with Crippen molar-refractivity contribution in [2.45, 2.75) is 24.5 Å². The second kappa shape index (κ2) is 10.4. The maximum absolute atomic E-state index is 13.9. The molecule has 5 rings (SSSR count). The molecular formula is C30H31N3O9. The average Bonchev–Trinajstić information content (AvgIpc) is 2.91. The highest BCUT2D eigenvalue weighted by molar-refractivity contribution is 6.25. The van der Waals surface area contributed by atoms with Crippen molar-refractivity contribution in [3.8, 4) is 16.9 Å². The fourth-order valence-corrected chi connectivity index (χ4v) is 6.58. The number of benzene rings is 2. The van der Waals surface area contributed by atoms with Crippen LogP contribution >= 0.6 is 0 Å². The number of anilines is 1. The molecule has 0 bridgehead atoms. The van der Waals surface area contributed by atoms with Gasteiger partial charge in [0.2, 0.25) is 11.7 Å². The largest absolute Gasteiger partial charge is 0.510 e. The molecule has 220 valence electrons. The molecular weight excluding hydrogens is 546 g/mol. The van der Waals surface area contributed by atoms with E-state index in [4.69, 9.17) is 10.5 Å². The first kappa shape index (κ1) is 29.0. The Morgan fingerprint density at radius 1 is 1.10 bits per heavy atom. The van der Waals surface area contributed by atoms with Crippen molar-refractivity contribution < 1.29 is 44.3 Å². The van der Waals surface area contributed by atoms with Gasteiger partial charge >= 0.3 is 0 Å². The van der Waals surface area contributed by atoms with Crippen LogP contribution < -0.4 is 11.1 Å². The van der Waals surface area contributed by atoms with Gasteiger partial charge in [-0.3, -0.25) is 24.1 Å². The molecule has 0 radical (unpaired) electrons. The number of phenolic OH excluding ortho intramolecular Hbond substituents is 1. The number of nitrogens with zero attached hydrogens (tertiary/aromatic N) is 1. The van der Waals surface area contributed by atoms with Gasteiger partial charge in [-0.25, -0.2) is 0 Å². The Morgan fingerprint density at radius 2 is 1.76 bits per heavy atom. The number of nitrogens with two attached hydrogens (primary N) is 1. The van der Waals surface area contributed by atoms with Gasteiger partial charge in [-0.2, -0.15) is 0 Å². The molecule has 0 saturated heterocycles. The van der Waals surface area contributed by atoms with Crippen molar-refractivity contribution in [2.24, 2.45) is 17.6 Å². The molecule has 4 atom stereocenters. The quantitative estimate of drug-likeness (QED) is 0.273. The summed E-state index contributed by atoms with van der Waals surface area (Å²) >= 11 is 0. The van der Waals surface area contributed by atoms with Crippen LogP contribution in [0, 0.1) is 11.8 Å². The molecule has 3 aliphatic carbocycles. The Labute approximate surface area is 240 Å². The third kappa shape index (κ3) is 4.26. The summed E-state index contributed by atoms with van der Waals surface area (Å²) in [7, 11) is 4.56. The number of allylic oxidation sites excluding steroid dienone is 1. The highest BCUT2D eigenvalue weighted by Crippen LogP contribution is 2.53. The summed E-state index contributed by atoms with van der Waals surface area (Å²) in [4.78, 5) is 52.8. The number of methoxy groups -OCH3 is 1. The first-order valence-electron chi connectivity index (χ1n) is 13.2. The Kier molecular flexibility index (Phi) is 7.17. The predicted octanol–water partition coefficient (Wildman–Crippen LogP) is 1.37. The van der Waals surface area contributed by atoms with Crippen molar-refractivity contribution in [1.82, 2.24) is 4.90 Å². The lowest BCUT2D eigenvalue weighted by Crippen LogP contribution is -2.63. The second-order valence-electron chi connectivity index (χ2n) is 11.0. The Hall–Kier alpha value is -4.52. The van der Waals surface area contributed by atoms with Gasteiger partial charge < -0.3 is 36.2 Å². The number of amides is 2. The van der Waals surface area contributed by atoms with Crippen LogP contribution in [0.5, 0.6) is 5.75 Å². The average molecular weight is 578 g/mol. The molecule has 0 aliphatic heterocycles. The van der Waals surface area contributed by atoms with Crippen molar-refractivity contribution in [1.29, 1.82) is 0 Å². The van der Waals surface area contributed by atoms with E-state index in [2.05, 4.69) is 5.32 Å². The number of ether oxygens (including phenoxy) is 1. The van der Waals surface area contributed by atoms with E-state index in [1.165, 1.54) is 18.1 Å². The van der Waals surface area contributed by atoms with Crippen LogP contribution in [0.1, 0.15) is 22.3 Å². The van der Waals surface area contributed by atoms with Gasteiger partial charge in [0, 0.05) is 24.3 Å². The molecule has 12 heteroatoms. The Balaban J connectivity index is 1.61. The summed E-state index contributed by atoms with van der Waals surface area (Å²) < 4.78 is 4.83. The van der Waals surface area contributed by atoms with E-state index in [9.17, 15) is 39.6 Å². The zero-order valence-corrected chi connectivity index (χ0v) is 23.2. The minimum Gasteiger partial charge on any atom is -0.510 e. The van der Waals surface area contributed by atoms with Crippen LogP contribution in [0.25, 0.3) is 11.1 Å². The van der Waals surface area contributed by atoms with Gasteiger partial charge in [0.05, 0.1) is 11.6 Å². The fourth-order valence-electron chi connectivity index (χ4n) is 6.58. The number of nitrogens with one attached hydrogen (secondary N) is 1. The molecule has 0 spiro atoms. The smallest absolute Gasteiger partial charge is 0.255 e. The number of likely N-dealkylation sites (N-methyl/N-ethyl adjacent to an activating group) is 1. The number of phenols is 1. The standard InChI is InChI=1S/C30H31N3O9/c1-33(2)24-18-11-14-10-17-16(13-4-6-15(7-5-13)32-20(35)12-42-3)8-9-19(34)22(17)25(36)21(14)27(38)30(18,41)28(39)23(26(24)37)29(31)40/h4-9,14,18,24,34,37-38,41H,10-12H2,1-3H3,(H2,31,40)(H,32,35)/t14-,18-,24-,30-/m1/s1. The van der Waals surface area contributed by atoms with Crippen molar-refractivity contribution in [2.75, 3.05) is 33.1 Å². The van der Waals surface area contributed by atoms with Gasteiger partial charge in [0.25, 0.3) is 5.91 Å². The lowest BCUT2D eigenvalue weighted by molar-refractivity contribution is -0.148. The molecule has 3 aliphatic rings. The summed E-state index contributed by atoms with van der Waals surface area (Å²) in [5.41, 5.74) is 3.88. The number of Topliss-reactive ketones (excluding diaryl/α,β-unsaturated/α-hetero) is 2. The topological polar surface area (TPSA) is 200 Å². The molecule has 0 heterocycles. The number of rotatable bonds is 6. The minimum atomic E-state index is -2.69. The fraction of sp³-hybridized carbons (Fsp3) is 0.333. The lowest BCUT2D eigenvalue weighted by atomic mass is 9.58. The zero-order valence-electron chi connectivity index (χ0n) is 23.2. The molecule has 7 N–H and O–H groups in total. The maximum Gasteiger partial charge on any atom is 0.255 e.